The van der Waals surface area contributed by atoms with Crippen molar-refractivity contribution in [3.8, 4) is 5.88 Å². The molecule has 2 fully saturated rings. The second-order valence-corrected chi connectivity index (χ2v) is 7.28. The summed E-state index contributed by atoms with van der Waals surface area (Å²) in [6.45, 7) is 2.31. The van der Waals surface area contributed by atoms with Crippen molar-refractivity contribution in [1.82, 2.24) is 19.9 Å². The number of hydrogen-bond donors (Lipinski definition) is 0. The van der Waals surface area contributed by atoms with E-state index < -0.39 is 11.9 Å². The number of alkyl halides is 3. The highest BCUT2D eigenvalue weighted by Gasteiger charge is 2.38. The Labute approximate surface area is 161 Å². The third-order valence-electron chi connectivity index (χ3n) is 5.20. The zero-order chi connectivity index (χ0) is 19.7. The summed E-state index contributed by atoms with van der Waals surface area (Å²) in [5.74, 6) is 1.42. The van der Waals surface area contributed by atoms with Crippen molar-refractivity contribution in [2.45, 2.75) is 44.1 Å². The molecule has 1 saturated carbocycles. The molecule has 2 aromatic rings. The fourth-order valence-electron chi connectivity index (χ4n) is 3.73. The zero-order valence-corrected chi connectivity index (χ0v) is 15.6. The molecule has 1 aliphatic heterocycles. The van der Waals surface area contributed by atoms with E-state index in [0.29, 0.717) is 24.5 Å². The predicted molar refractivity (Wildman–Crippen MR) is 97.0 cm³/mol. The lowest BCUT2D eigenvalue weighted by Gasteiger charge is -2.30. The lowest BCUT2D eigenvalue weighted by Crippen LogP contribution is -2.39. The fraction of sp³-hybridized carbons (Fsp3) is 0.526. The van der Waals surface area contributed by atoms with Crippen LogP contribution in [0.4, 0.5) is 19.0 Å². The Bertz CT molecular complexity index is 810. The molecule has 28 heavy (non-hydrogen) atoms. The number of halogens is 3. The van der Waals surface area contributed by atoms with Gasteiger partial charge in [-0.2, -0.15) is 13.2 Å². The molecule has 0 N–H and O–H groups in total. The number of likely N-dealkylation sites (tertiary alicyclic amines) is 1. The molecule has 1 saturated heterocycles. The van der Waals surface area contributed by atoms with Gasteiger partial charge in [-0.15, -0.1) is 0 Å². The van der Waals surface area contributed by atoms with Gasteiger partial charge in [0.25, 0.3) is 0 Å². The summed E-state index contributed by atoms with van der Waals surface area (Å²) in [5.41, 5.74) is -0.0662. The number of hydrogen-bond acceptors (Lipinski definition) is 6. The van der Waals surface area contributed by atoms with Crippen molar-refractivity contribution in [3.63, 3.8) is 0 Å². The van der Waals surface area contributed by atoms with Crippen molar-refractivity contribution < 1.29 is 17.9 Å². The van der Waals surface area contributed by atoms with Crippen LogP contribution in [-0.2, 0) is 12.7 Å². The summed E-state index contributed by atoms with van der Waals surface area (Å²) in [5, 5.41) is 0. The minimum atomic E-state index is -4.40. The number of ether oxygens (including phenoxy) is 1. The highest BCUT2D eigenvalue weighted by molar-refractivity contribution is 5.45. The number of anilines is 1. The quantitative estimate of drug-likeness (QED) is 0.752. The summed E-state index contributed by atoms with van der Waals surface area (Å²) in [4.78, 5) is 16.7. The van der Waals surface area contributed by atoms with Crippen LogP contribution >= 0.6 is 0 Å². The van der Waals surface area contributed by atoms with Crippen LogP contribution in [0.1, 0.15) is 30.5 Å². The van der Waals surface area contributed by atoms with Crippen molar-refractivity contribution in [3.05, 3.63) is 42.0 Å². The topological polar surface area (TPSA) is 54.4 Å². The molecule has 1 atom stereocenters. The smallest absolute Gasteiger partial charge is 0.433 e. The van der Waals surface area contributed by atoms with Gasteiger partial charge >= 0.3 is 6.18 Å². The third-order valence-corrected chi connectivity index (χ3v) is 5.20. The number of pyridine rings is 1. The Morgan fingerprint density at radius 2 is 1.96 bits per heavy atom. The number of nitrogens with zero attached hydrogens (tertiary/aromatic N) is 5. The predicted octanol–water partition coefficient (Wildman–Crippen LogP) is 3.14. The average Bonchev–Trinajstić information content (AvgIpc) is 3.41. The van der Waals surface area contributed by atoms with Crippen LogP contribution in [0.2, 0.25) is 0 Å². The molecular weight excluding hydrogens is 371 g/mol. The van der Waals surface area contributed by atoms with Gasteiger partial charge in [0.2, 0.25) is 5.88 Å². The van der Waals surface area contributed by atoms with Gasteiger partial charge in [-0.3, -0.25) is 9.88 Å². The van der Waals surface area contributed by atoms with Gasteiger partial charge in [0.05, 0.1) is 7.11 Å². The Morgan fingerprint density at radius 3 is 2.61 bits per heavy atom. The van der Waals surface area contributed by atoms with E-state index in [2.05, 4.69) is 24.8 Å². The van der Waals surface area contributed by atoms with Gasteiger partial charge in [-0.05, 0) is 30.9 Å². The maximum absolute atomic E-state index is 12.7. The van der Waals surface area contributed by atoms with Gasteiger partial charge in [0.1, 0.15) is 17.8 Å². The van der Waals surface area contributed by atoms with Gasteiger partial charge < -0.3 is 9.64 Å². The summed E-state index contributed by atoms with van der Waals surface area (Å²) < 4.78 is 43.2. The standard InChI is InChI=1S/C19H22F3N5O/c1-28-18-8-17(24-12-25-18)27(14-3-4-14)15-6-7-26(11-15)10-13-2-5-16(23-9-13)19(20,21)22/h2,5,8-9,12,14-15H,3-4,6-7,10-11H2,1H3. The summed E-state index contributed by atoms with van der Waals surface area (Å²) in [6, 6.07) is 5.22. The first-order valence-corrected chi connectivity index (χ1v) is 9.33. The van der Waals surface area contributed by atoms with Crippen LogP contribution < -0.4 is 9.64 Å². The van der Waals surface area contributed by atoms with Crippen LogP contribution in [-0.4, -0.2) is 52.1 Å². The summed E-state index contributed by atoms with van der Waals surface area (Å²) >= 11 is 0. The normalized spacial score (nSPS) is 20.4. The van der Waals surface area contributed by atoms with E-state index in [1.165, 1.54) is 18.6 Å². The Balaban J connectivity index is 1.42. The van der Waals surface area contributed by atoms with Crippen LogP contribution in [0, 0.1) is 0 Å². The molecule has 4 rings (SSSR count). The highest BCUT2D eigenvalue weighted by atomic mass is 19.4. The second-order valence-electron chi connectivity index (χ2n) is 7.28. The van der Waals surface area contributed by atoms with Crippen LogP contribution in [0.3, 0.4) is 0 Å². The molecule has 0 bridgehead atoms. The average molecular weight is 393 g/mol. The first-order valence-electron chi connectivity index (χ1n) is 9.33. The Morgan fingerprint density at radius 1 is 1.14 bits per heavy atom. The van der Waals surface area contributed by atoms with Crippen LogP contribution in [0.15, 0.2) is 30.7 Å². The molecule has 2 aliphatic rings. The first kappa shape index (κ1) is 18.9. The number of aromatic nitrogens is 3. The van der Waals surface area contributed by atoms with E-state index in [9.17, 15) is 13.2 Å². The van der Waals surface area contributed by atoms with Crippen molar-refractivity contribution in [1.29, 1.82) is 0 Å². The Kier molecular flexibility index (Phi) is 5.09. The molecule has 2 aromatic heterocycles. The first-order chi connectivity index (χ1) is 13.4. The summed E-state index contributed by atoms with van der Waals surface area (Å²) in [6.07, 6.45) is 1.71. The lowest BCUT2D eigenvalue weighted by atomic mass is 10.2. The van der Waals surface area contributed by atoms with Gasteiger partial charge in [0, 0.05) is 44.0 Å². The second kappa shape index (κ2) is 7.54. The third kappa shape index (κ3) is 4.19. The highest BCUT2D eigenvalue weighted by Crippen LogP contribution is 2.36. The molecule has 3 heterocycles. The molecule has 0 spiro atoms. The van der Waals surface area contributed by atoms with Gasteiger partial charge in [-0.1, -0.05) is 6.07 Å². The molecule has 1 aliphatic carbocycles. The van der Waals surface area contributed by atoms with Gasteiger partial charge in [-0.25, -0.2) is 9.97 Å². The molecule has 0 aromatic carbocycles. The van der Waals surface area contributed by atoms with Crippen LogP contribution in [0.5, 0.6) is 5.88 Å². The van der Waals surface area contributed by atoms with E-state index >= 15 is 0 Å². The van der Waals surface area contributed by atoms with Crippen molar-refractivity contribution in [2.75, 3.05) is 25.1 Å². The van der Waals surface area contributed by atoms with E-state index in [-0.39, 0.29) is 0 Å². The largest absolute Gasteiger partial charge is 0.481 e. The Hall–Kier alpha value is -2.42. The van der Waals surface area contributed by atoms with Gasteiger partial charge in [0.15, 0.2) is 0 Å². The maximum Gasteiger partial charge on any atom is 0.433 e. The molecule has 0 radical (unpaired) electrons. The molecular formula is C19H22F3N5O. The summed E-state index contributed by atoms with van der Waals surface area (Å²) in [7, 11) is 1.59. The van der Waals surface area contributed by atoms with Crippen molar-refractivity contribution >= 4 is 5.82 Å². The number of methoxy groups -OCH3 is 1. The molecule has 1 unspecified atom stereocenters. The maximum atomic E-state index is 12.7. The number of rotatable bonds is 6. The zero-order valence-electron chi connectivity index (χ0n) is 15.6. The molecule has 9 heteroatoms. The van der Waals surface area contributed by atoms with Crippen LogP contribution in [0.25, 0.3) is 0 Å². The van der Waals surface area contributed by atoms with E-state index in [4.69, 9.17) is 4.74 Å². The monoisotopic (exact) mass is 393 g/mol. The minimum Gasteiger partial charge on any atom is -0.481 e. The molecule has 6 nitrogen and oxygen atoms in total. The van der Waals surface area contributed by atoms with E-state index in [1.807, 2.05) is 6.07 Å². The van der Waals surface area contributed by atoms with Crippen molar-refractivity contribution in [2.24, 2.45) is 0 Å². The van der Waals surface area contributed by atoms with E-state index in [1.54, 1.807) is 7.11 Å². The SMILES string of the molecule is COc1cc(N(C2CC2)C2CCN(Cc3ccc(C(F)(F)F)nc3)C2)ncn1. The fourth-order valence-corrected chi connectivity index (χ4v) is 3.73. The van der Waals surface area contributed by atoms with E-state index in [0.717, 1.165) is 49.8 Å². The molecule has 0 amide bonds. The minimum absolute atomic E-state index is 0.314. The molecule has 150 valence electrons. The lowest BCUT2D eigenvalue weighted by molar-refractivity contribution is -0.141.